The normalized spacial score (nSPS) is 10.7. The van der Waals surface area contributed by atoms with Gasteiger partial charge < -0.3 is 0 Å². The summed E-state index contributed by atoms with van der Waals surface area (Å²) in [6, 6.07) is 0. The minimum Gasteiger partial charge on any atom is -0.120 e. The van der Waals surface area contributed by atoms with Crippen molar-refractivity contribution in [2.24, 2.45) is 0 Å². The number of terminal acetylenes is 1. The van der Waals surface area contributed by atoms with Gasteiger partial charge in [-0.2, -0.15) is 0 Å². The first-order chi connectivity index (χ1) is 4.41. The molecule has 0 fully saturated rings. The molecule has 0 saturated carbocycles. The summed E-state index contributed by atoms with van der Waals surface area (Å²) in [6.07, 6.45) is 14.9. The molecule has 0 bridgehead atoms. The lowest BCUT2D eigenvalue weighted by Gasteiger charge is -1.74. The first kappa shape index (κ1) is 8.04. The molecule has 0 spiro atoms. The van der Waals surface area contributed by atoms with E-state index in [4.69, 9.17) is 6.42 Å². The minimum atomic E-state index is 0.730. The van der Waals surface area contributed by atoms with Crippen LogP contribution in [0.25, 0.3) is 0 Å². The molecule has 0 aromatic rings. The van der Waals surface area contributed by atoms with E-state index in [2.05, 4.69) is 18.9 Å². The van der Waals surface area contributed by atoms with Crippen LogP contribution in [0.1, 0.15) is 19.8 Å². The summed E-state index contributed by atoms with van der Waals surface area (Å²) in [5, 5.41) is 0. The maximum atomic E-state index is 5.02. The number of hydrogen-bond acceptors (Lipinski definition) is 0. The van der Waals surface area contributed by atoms with Gasteiger partial charge >= 0.3 is 0 Å². The van der Waals surface area contributed by atoms with Gasteiger partial charge in [0.25, 0.3) is 0 Å². The van der Waals surface area contributed by atoms with Gasteiger partial charge in [0.15, 0.2) is 0 Å². The molecule has 0 aromatic carbocycles. The summed E-state index contributed by atoms with van der Waals surface area (Å²) >= 11 is 0. The van der Waals surface area contributed by atoms with Gasteiger partial charge in [0, 0.05) is 6.42 Å². The molecule has 0 atom stereocenters. The SMILES string of the molecule is C#CC/C=C\C=C/CC. The molecule has 9 heavy (non-hydrogen) atoms. The van der Waals surface area contributed by atoms with Gasteiger partial charge in [-0.05, 0) is 6.42 Å². The van der Waals surface area contributed by atoms with Crippen LogP contribution in [0, 0.1) is 12.3 Å². The van der Waals surface area contributed by atoms with E-state index in [1.165, 1.54) is 0 Å². The highest BCUT2D eigenvalue weighted by atomic mass is 13.7. The van der Waals surface area contributed by atoms with Crippen molar-refractivity contribution in [2.45, 2.75) is 19.8 Å². The summed E-state index contributed by atoms with van der Waals surface area (Å²) in [5.74, 6) is 2.52. The molecule has 0 aliphatic rings. The van der Waals surface area contributed by atoms with Gasteiger partial charge in [-0.3, -0.25) is 0 Å². The number of allylic oxidation sites excluding steroid dienone is 4. The summed E-state index contributed by atoms with van der Waals surface area (Å²) in [7, 11) is 0. The van der Waals surface area contributed by atoms with Crippen LogP contribution < -0.4 is 0 Å². The average Bonchev–Trinajstić information content (AvgIpc) is 1.89. The zero-order valence-corrected chi connectivity index (χ0v) is 5.80. The van der Waals surface area contributed by atoms with E-state index in [0.717, 1.165) is 12.8 Å². The van der Waals surface area contributed by atoms with Crippen molar-refractivity contribution >= 4 is 0 Å². The van der Waals surface area contributed by atoms with Crippen molar-refractivity contribution in [3.8, 4) is 12.3 Å². The van der Waals surface area contributed by atoms with Crippen LogP contribution in [0.5, 0.6) is 0 Å². The third kappa shape index (κ3) is 7.04. The lowest BCUT2D eigenvalue weighted by Crippen LogP contribution is -1.55. The predicted molar refractivity (Wildman–Crippen MR) is 42.0 cm³/mol. The second kappa shape index (κ2) is 7.04. The van der Waals surface area contributed by atoms with E-state index < -0.39 is 0 Å². The van der Waals surface area contributed by atoms with Crippen LogP contribution in [0.4, 0.5) is 0 Å². The zero-order valence-electron chi connectivity index (χ0n) is 5.80. The van der Waals surface area contributed by atoms with Crippen LogP contribution in [0.2, 0.25) is 0 Å². The van der Waals surface area contributed by atoms with E-state index in [1.54, 1.807) is 0 Å². The largest absolute Gasteiger partial charge is 0.120 e. The molecule has 0 aromatic heterocycles. The molecular formula is C9H12. The quantitative estimate of drug-likeness (QED) is 0.396. The average molecular weight is 120 g/mol. The monoisotopic (exact) mass is 120 g/mol. The van der Waals surface area contributed by atoms with Crippen molar-refractivity contribution in [2.75, 3.05) is 0 Å². The summed E-state index contributed by atoms with van der Waals surface area (Å²) < 4.78 is 0. The fourth-order valence-electron chi connectivity index (χ4n) is 0.429. The van der Waals surface area contributed by atoms with E-state index in [0.29, 0.717) is 0 Å². The Bertz CT molecular complexity index is 133. The second-order valence-electron chi connectivity index (χ2n) is 1.67. The Morgan fingerprint density at radius 1 is 1.33 bits per heavy atom. The molecule has 0 rings (SSSR count). The first-order valence-corrected chi connectivity index (χ1v) is 3.17. The number of rotatable bonds is 3. The van der Waals surface area contributed by atoms with Gasteiger partial charge in [-0.15, -0.1) is 12.3 Å². The lowest BCUT2D eigenvalue weighted by molar-refractivity contribution is 1.22. The standard InChI is InChI=1S/C9H12/c1-3-5-7-9-8-6-4-2/h1,6-9H,4-5H2,2H3/b8-6-,9-7-. The minimum absolute atomic E-state index is 0.730. The maximum absolute atomic E-state index is 5.02. The molecule has 0 aliphatic heterocycles. The van der Waals surface area contributed by atoms with E-state index in [-0.39, 0.29) is 0 Å². The van der Waals surface area contributed by atoms with Crippen molar-refractivity contribution in [1.29, 1.82) is 0 Å². The topological polar surface area (TPSA) is 0 Å². The molecule has 0 saturated heterocycles. The summed E-state index contributed by atoms with van der Waals surface area (Å²) in [4.78, 5) is 0. The second-order valence-corrected chi connectivity index (χ2v) is 1.67. The molecule has 0 nitrogen and oxygen atoms in total. The molecule has 48 valence electrons. The van der Waals surface area contributed by atoms with Crippen molar-refractivity contribution in [3.05, 3.63) is 24.3 Å². The van der Waals surface area contributed by atoms with Crippen LogP contribution in [-0.2, 0) is 0 Å². The van der Waals surface area contributed by atoms with E-state index in [9.17, 15) is 0 Å². The third-order valence-electron chi connectivity index (χ3n) is 0.855. The smallest absolute Gasteiger partial charge is 0.0270 e. The fourth-order valence-corrected chi connectivity index (χ4v) is 0.429. The molecule has 0 heterocycles. The highest BCUT2D eigenvalue weighted by molar-refractivity contribution is 5.06. The van der Waals surface area contributed by atoms with Gasteiger partial charge in [-0.1, -0.05) is 31.2 Å². The predicted octanol–water partition coefficient (Wildman–Crippen LogP) is 2.53. The van der Waals surface area contributed by atoms with E-state index in [1.807, 2.05) is 18.2 Å². The van der Waals surface area contributed by atoms with Gasteiger partial charge in [0.2, 0.25) is 0 Å². The molecule has 0 amide bonds. The van der Waals surface area contributed by atoms with Gasteiger partial charge in [-0.25, -0.2) is 0 Å². The van der Waals surface area contributed by atoms with Crippen LogP contribution >= 0.6 is 0 Å². The highest BCUT2D eigenvalue weighted by Crippen LogP contribution is 1.83. The highest BCUT2D eigenvalue weighted by Gasteiger charge is 1.64. The Hall–Kier alpha value is -0.960. The maximum Gasteiger partial charge on any atom is 0.0270 e. The summed E-state index contributed by atoms with van der Waals surface area (Å²) in [5.41, 5.74) is 0. The van der Waals surface area contributed by atoms with Crippen molar-refractivity contribution in [3.63, 3.8) is 0 Å². The van der Waals surface area contributed by atoms with Crippen molar-refractivity contribution in [1.82, 2.24) is 0 Å². The third-order valence-corrected chi connectivity index (χ3v) is 0.855. The first-order valence-electron chi connectivity index (χ1n) is 3.17. The fraction of sp³-hybridized carbons (Fsp3) is 0.333. The molecule has 0 radical (unpaired) electrons. The van der Waals surface area contributed by atoms with Gasteiger partial charge in [0.1, 0.15) is 0 Å². The van der Waals surface area contributed by atoms with Crippen LogP contribution in [0.3, 0.4) is 0 Å². The van der Waals surface area contributed by atoms with E-state index >= 15 is 0 Å². The van der Waals surface area contributed by atoms with Crippen molar-refractivity contribution < 1.29 is 0 Å². The van der Waals surface area contributed by atoms with Crippen LogP contribution in [-0.4, -0.2) is 0 Å². The Kier molecular flexibility index (Phi) is 6.29. The Balaban J connectivity index is 3.26. The Morgan fingerprint density at radius 3 is 2.56 bits per heavy atom. The molecule has 0 N–H and O–H groups in total. The van der Waals surface area contributed by atoms with Crippen LogP contribution in [0.15, 0.2) is 24.3 Å². The Labute approximate surface area is 57.3 Å². The molecule has 0 heteroatoms. The van der Waals surface area contributed by atoms with Gasteiger partial charge in [0.05, 0.1) is 0 Å². The zero-order chi connectivity index (χ0) is 6.95. The molecule has 0 aliphatic carbocycles. The lowest BCUT2D eigenvalue weighted by atomic mass is 10.3. The molecular weight excluding hydrogens is 108 g/mol. The summed E-state index contributed by atoms with van der Waals surface area (Å²) in [6.45, 7) is 2.10. The molecule has 0 unspecified atom stereocenters. The number of hydrogen-bond donors (Lipinski definition) is 0. The Morgan fingerprint density at radius 2 is 2.00 bits per heavy atom.